The van der Waals surface area contributed by atoms with Crippen LogP contribution in [0.2, 0.25) is 0 Å². The van der Waals surface area contributed by atoms with Crippen LogP contribution in [0.1, 0.15) is 26.2 Å². The predicted molar refractivity (Wildman–Crippen MR) is 84.2 cm³/mol. The second kappa shape index (κ2) is 7.33. The van der Waals surface area contributed by atoms with Gasteiger partial charge in [-0.3, -0.25) is 9.19 Å². The molecule has 0 amide bonds. The SMILES string of the molecule is CCCNc1ccncc1S(=O)(=O)NC1CCS(=O)CC1. The summed E-state index contributed by atoms with van der Waals surface area (Å²) in [7, 11) is -4.41. The Labute approximate surface area is 128 Å². The Balaban J connectivity index is 2.13. The molecule has 1 aliphatic rings. The summed E-state index contributed by atoms with van der Waals surface area (Å²) in [4.78, 5) is 4.09. The van der Waals surface area contributed by atoms with Gasteiger partial charge in [0.05, 0.1) is 5.69 Å². The van der Waals surface area contributed by atoms with Crippen LogP contribution in [0.5, 0.6) is 0 Å². The van der Waals surface area contributed by atoms with Gasteiger partial charge in [-0.2, -0.15) is 0 Å². The molecule has 0 bridgehead atoms. The molecule has 1 saturated heterocycles. The quantitative estimate of drug-likeness (QED) is 0.815. The van der Waals surface area contributed by atoms with Crippen molar-refractivity contribution < 1.29 is 12.6 Å². The number of anilines is 1. The zero-order valence-corrected chi connectivity index (χ0v) is 13.7. The van der Waals surface area contributed by atoms with Crippen LogP contribution in [-0.4, -0.2) is 41.7 Å². The lowest BCUT2D eigenvalue weighted by atomic mass is 10.2. The number of nitrogens with one attached hydrogen (secondary N) is 2. The van der Waals surface area contributed by atoms with Gasteiger partial charge < -0.3 is 5.32 Å². The Morgan fingerprint density at radius 2 is 2.10 bits per heavy atom. The molecular weight excluding hydrogens is 310 g/mol. The monoisotopic (exact) mass is 331 g/mol. The van der Waals surface area contributed by atoms with Crippen molar-refractivity contribution >= 4 is 26.5 Å². The zero-order chi connectivity index (χ0) is 15.3. The molecule has 8 heteroatoms. The highest BCUT2D eigenvalue weighted by Crippen LogP contribution is 2.21. The highest BCUT2D eigenvalue weighted by molar-refractivity contribution is 7.89. The molecule has 0 atom stereocenters. The number of rotatable bonds is 6. The van der Waals surface area contributed by atoms with Gasteiger partial charge in [-0.1, -0.05) is 6.92 Å². The van der Waals surface area contributed by atoms with Gasteiger partial charge in [0.25, 0.3) is 0 Å². The summed E-state index contributed by atoms with van der Waals surface area (Å²) in [6.45, 7) is 2.72. The Morgan fingerprint density at radius 3 is 2.76 bits per heavy atom. The Morgan fingerprint density at radius 1 is 1.38 bits per heavy atom. The molecule has 1 fully saturated rings. The van der Waals surface area contributed by atoms with Crippen LogP contribution in [0.4, 0.5) is 5.69 Å². The molecule has 21 heavy (non-hydrogen) atoms. The van der Waals surface area contributed by atoms with Crippen molar-refractivity contribution in [1.82, 2.24) is 9.71 Å². The van der Waals surface area contributed by atoms with Gasteiger partial charge in [-0.25, -0.2) is 13.1 Å². The van der Waals surface area contributed by atoms with Gasteiger partial charge in [0.1, 0.15) is 4.90 Å². The molecule has 0 radical (unpaired) electrons. The molecule has 2 heterocycles. The van der Waals surface area contributed by atoms with E-state index >= 15 is 0 Å². The van der Waals surface area contributed by atoms with E-state index in [1.165, 1.54) is 6.20 Å². The second-order valence-corrected chi connectivity index (χ2v) is 8.42. The minimum Gasteiger partial charge on any atom is -0.384 e. The Hall–Kier alpha value is -0.990. The van der Waals surface area contributed by atoms with E-state index in [4.69, 9.17) is 0 Å². The van der Waals surface area contributed by atoms with Crippen molar-refractivity contribution in [3.63, 3.8) is 0 Å². The van der Waals surface area contributed by atoms with Crippen LogP contribution in [0, 0.1) is 0 Å². The number of aromatic nitrogens is 1. The fourth-order valence-corrected chi connectivity index (χ4v) is 4.92. The minimum absolute atomic E-state index is 0.146. The summed E-state index contributed by atoms with van der Waals surface area (Å²) in [5, 5.41) is 3.11. The molecule has 1 aromatic rings. The van der Waals surface area contributed by atoms with Crippen molar-refractivity contribution in [2.75, 3.05) is 23.4 Å². The topological polar surface area (TPSA) is 88.2 Å². The number of hydrogen-bond donors (Lipinski definition) is 2. The van der Waals surface area contributed by atoms with E-state index in [0.717, 1.165) is 6.42 Å². The molecule has 2 rings (SSSR count). The molecule has 6 nitrogen and oxygen atoms in total. The molecule has 1 aliphatic heterocycles. The summed E-state index contributed by atoms with van der Waals surface area (Å²) < 4.78 is 39.0. The number of sulfonamides is 1. The molecule has 0 spiro atoms. The first-order valence-corrected chi connectivity index (χ1v) is 10.0. The average molecular weight is 331 g/mol. The molecule has 118 valence electrons. The summed E-state index contributed by atoms with van der Waals surface area (Å²) in [6, 6.07) is 1.52. The van der Waals surface area contributed by atoms with Crippen LogP contribution in [0.3, 0.4) is 0 Å². The largest absolute Gasteiger partial charge is 0.384 e. The van der Waals surface area contributed by atoms with Gasteiger partial charge in [0.15, 0.2) is 0 Å². The molecule has 0 aliphatic carbocycles. The Kier molecular flexibility index (Phi) is 5.72. The third-order valence-electron chi connectivity index (χ3n) is 3.35. The molecule has 0 saturated carbocycles. The van der Waals surface area contributed by atoms with Gasteiger partial charge in [-0.05, 0) is 25.3 Å². The maximum Gasteiger partial charge on any atom is 0.244 e. The van der Waals surface area contributed by atoms with Crippen LogP contribution in [-0.2, 0) is 20.8 Å². The fraction of sp³-hybridized carbons (Fsp3) is 0.615. The van der Waals surface area contributed by atoms with Crippen LogP contribution < -0.4 is 10.0 Å². The third-order valence-corrected chi connectivity index (χ3v) is 6.28. The van der Waals surface area contributed by atoms with Gasteiger partial charge >= 0.3 is 0 Å². The lowest BCUT2D eigenvalue weighted by Gasteiger charge is -2.23. The third kappa shape index (κ3) is 4.49. The highest BCUT2D eigenvalue weighted by Gasteiger charge is 2.25. The molecule has 0 aromatic carbocycles. The van der Waals surface area contributed by atoms with Crippen molar-refractivity contribution in [3.05, 3.63) is 18.5 Å². The number of pyridine rings is 1. The van der Waals surface area contributed by atoms with E-state index in [0.29, 0.717) is 36.6 Å². The zero-order valence-electron chi connectivity index (χ0n) is 12.0. The van der Waals surface area contributed by atoms with Gasteiger partial charge in [0, 0.05) is 47.3 Å². The maximum absolute atomic E-state index is 12.5. The predicted octanol–water partition coefficient (Wildman–Crippen LogP) is 1.09. The first-order valence-electron chi connectivity index (χ1n) is 7.08. The summed E-state index contributed by atoms with van der Waals surface area (Å²) in [5.74, 6) is 1.11. The van der Waals surface area contributed by atoms with E-state index in [9.17, 15) is 12.6 Å². The Bertz CT molecular complexity index is 594. The normalized spacial score (nSPS) is 22.9. The fourth-order valence-electron chi connectivity index (χ4n) is 2.19. The standard InChI is InChI=1S/C13H21N3O3S2/c1-2-6-15-12-3-7-14-10-13(12)21(18,19)16-11-4-8-20(17)9-5-11/h3,7,10-11,16H,2,4-6,8-9H2,1H3,(H,14,15). The number of hydrogen-bond acceptors (Lipinski definition) is 5. The summed E-state index contributed by atoms with van der Waals surface area (Å²) in [6.07, 6.45) is 5.07. The van der Waals surface area contributed by atoms with Crippen LogP contribution >= 0.6 is 0 Å². The van der Waals surface area contributed by atoms with Gasteiger partial charge in [-0.15, -0.1) is 0 Å². The van der Waals surface area contributed by atoms with Crippen molar-refractivity contribution in [2.45, 2.75) is 37.1 Å². The van der Waals surface area contributed by atoms with Crippen LogP contribution in [0.15, 0.2) is 23.4 Å². The first kappa shape index (κ1) is 16.4. The van der Waals surface area contributed by atoms with E-state index in [1.54, 1.807) is 12.3 Å². The smallest absolute Gasteiger partial charge is 0.244 e. The van der Waals surface area contributed by atoms with Crippen molar-refractivity contribution in [1.29, 1.82) is 0 Å². The lowest BCUT2D eigenvalue weighted by Crippen LogP contribution is -2.39. The molecular formula is C13H21N3O3S2. The molecule has 0 unspecified atom stereocenters. The molecule has 2 N–H and O–H groups in total. The average Bonchev–Trinajstić information content (AvgIpc) is 2.47. The second-order valence-electron chi connectivity index (χ2n) is 5.04. The molecule has 1 aromatic heterocycles. The number of nitrogens with zero attached hydrogens (tertiary/aromatic N) is 1. The van der Waals surface area contributed by atoms with Crippen molar-refractivity contribution in [3.8, 4) is 0 Å². The first-order chi connectivity index (χ1) is 10.0. The van der Waals surface area contributed by atoms with Crippen molar-refractivity contribution in [2.24, 2.45) is 0 Å². The van der Waals surface area contributed by atoms with E-state index in [-0.39, 0.29) is 10.9 Å². The summed E-state index contributed by atoms with van der Waals surface area (Å²) >= 11 is 0. The van der Waals surface area contributed by atoms with Crippen LogP contribution in [0.25, 0.3) is 0 Å². The maximum atomic E-state index is 12.5. The van der Waals surface area contributed by atoms with E-state index < -0.39 is 20.8 Å². The lowest BCUT2D eigenvalue weighted by molar-refractivity contribution is 0.522. The van der Waals surface area contributed by atoms with E-state index in [1.807, 2.05) is 6.92 Å². The van der Waals surface area contributed by atoms with E-state index in [2.05, 4.69) is 15.0 Å². The highest BCUT2D eigenvalue weighted by atomic mass is 32.2. The minimum atomic E-state index is -3.61. The summed E-state index contributed by atoms with van der Waals surface area (Å²) in [5.41, 5.74) is 0.568. The van der Waals surface area contributed by atoms with Gasteiger partial charge in [0.2, 0.25) is 10.0 Å².